The Balaban J connectivity index is 1.90. The molecule has 1 N–H and O–H groups in total. The highest BCUT2D eigenvalue weighted by Gasteiger charge is 2.12. The lowest BCUT2D eigenvalue weighted by atomic mass is 10.1. The number of nitrogens with one attached hydrogen (secondary N) is 1. The number of anilines is 1. The molecule has 0 radical (unpaired) electrons. The quantitative estimate of drug-likeness (QED) is 0.799. The lowest BCUT2D eigenvalue weighted by molar-refractivity contribution is 0.786. The van der Waals surface area contributed by atoms with Gasteiger partial charge in [-0.15, -0.1) is 16.4 Å². The van der Waals surface area contributed by atoms with E-state index in [4.69, 9.17) is 0 Å². The SMILES string of the molecule is Cc1ccsc1C(C)Nc1ccccc1-n1cnnn1. The van der Waals surface area contributed by atoms with Gasteiger partial charge in [0.1, 0.15) is 6.33 Å². The minimum absolute atomic E-state index is 0.243. The molecular weight excluding hydrogens is 270 g/mol. The van der Waals surface area contributed by atoms with E-state index >= 15 is 0 Å². The van der Waals surface area contributed by atoms with Crippen molar-refractivity contribution in [2.45, 2.75) is 19.9 Å². The van der Waals surface area contributed by atoms with Crippen molar-refractivity contribution in [1.29, 1.82) is 0 Å². The molecule has 1 atom stereocenters. The van der Waals surface area contributed by atoms with Crippen LogP contribution < -0.4 is 5.32 Å². The molecule has 0 saturated heterocycles. The molecule has 0 spiro atoms. The summed E-state index contributed by atoms with van der Waals surface area (Å²) in [7, 11) is 0. The molecule has 2 heterocycles. The van der Waals surface area contributed by atoms with Gasteiger partial charge in [0.05, 0.1) is 17.4 Å². The molecule has 1 unspecified atom stereocenters. The van der Waals surface area contributed by atoms with Crippen LogP contribution >= 0.6 is 11.3 Å². The molecule has 5 nitrogen and oxygen atoms in total. The molecule has 0 saturated carbocycles. The van der Waals surface area contributed by atoms with Crippen molar-refractivity contribution in [2.24, 2.45) is 0 Å². The Labute approximate surface area is 121 Å². The highest BCUT2D eigenvalue weighted by atomic mass is 32.1. The number of benzene rings is 1. The summed E-state index contributed by atoms with van der Waals surface area (Å²) in [6, 6.07) is 10.4. The Bertz CT molecular complexity index is 689. The number of nitrogens with zero attached hydrogens (tertiary/aromatic N) is 4. The zero-order valence-electron chi connectivity index (χ0n) is 11.3. The van der Waals surface area contributed by atoms with Gasteiger partial charge >= 0.3 is 0 Å². The molecule has 0 fully saturated rings. The second-order valence-corrected chi connectivity index (χ2v) is 5.55. The molecule has 0 bridgehead atoms. The van der Waals surface area contributed by atoms with Gasteiger partial charge in [-0.3, -0.25) is 0 Å². The second-order valence-electron chi connectivity index (χ2n) is 4.61. The summed E-state index contributed by atoms with van der Waals surface area (Å²) in [4.78, 5) is 1.34. The fraction of sp³-hybridized carbons (Fsp3) is 0.214. The van der Waals surface area contributed by atoms with Crippen molar-refractivity contribution < 1.29 is 0 Å². The molecule has 2 aromatic heterocycles. The highest BCUT2D eigenvalue weighted by molar-refractivity contribution is 7.10. The van der Waals surface area contributed by atoms with Crippen LogP contribution in [0.2, 0.25) is 0 Å². The number of tetrazole rings is 1. The van der Waals surface area contributed by atoms with Crippen LogP contribution in [0.25, 0.3) is 5.69 Å². The fourth-order valence-electron chi connectivity index (χ4n) is 2.19. The molecule has 3 rings (SSSR count). The van der Waals surface area contributed by atoms with Crippen molar-refractivity contribution in [2.75, 3.05) is 5.32 Å². The van der Waals surface area contributed by atoms with Gasteiger partial charge in [-0.05, 0) is 53.4 Å². The zero-order valence-corrected chi connectivity index (χ0v) is 12.1. The van der Waals surface area contributed by atoms with Crippen LogP contribution in [0.5, 0.6) is 0 Å². The van der Waals surface area contributed by atoms with E-state index in [-0.39, 0.29) is 6.04 Å². The minimum Gasteiger partial charge on any atom is -0.376 e. The van der Waals surface area contributed by atoms with E-state index in [1.165, 1.54) is 10.4 Å². The smallest absolute Gasteiger partial charge is 0.143 e. The number of hydrogen-bond acceptors (Lipinski definition) is 5. The fourth-order valence-corrected chi connectivity index (χ4v) is 3.13. The van der Waals surface area contributed by atoms with Gasteiger partial charge in [-0.25, -0.2) is 0 Å². The normalized spacial score (nSPS) is 12.3. The topological polar surface area (TPSA) is 55.6 Å². The molecule has 102 valence electrons. The van der Waals surface area contributed by atoms with Gasteiger partial charge in [0.25, 0.3) is 0 Å². The average molecular weight is 285 g/mol. The molecular formula is C14H15N5S. The Kier molecular flexibility index (Phi) is 3.47. The van der Waals surface area contributed by atoms with Crippen molar-refractivity contribution in [3.05, 3.63) is 52.5 Å². The van der Waals surface area contributed by atoms with Crippen molar-refractivity contribution in [3.8, 4) is 5.69 Å². The molecule has 0 amide bonds. The molecule has 0 aliphatic rings. The maximum atomic E-state index is 3.95. The van der Waals surface area contributed by atoms with Gasteiger partial charge in [-0.2, -0.15) is 4.68 Å². The summed E-state index contributed by atoms with van der Waals surface area (Å²) in [6.07, 6.45) is 1.60. The first-order valence-corrected chi connectivity index (χ1v) is 7.26. The largest absolute Gasteiger partial charge is 0.376 e. The predicted octanol–water partition coefficient (Wildman–Crippen LogP) is 3.21. The number of aromatic nitrogens is 4. The van der Waals surface area contributed by atoms with Crippen LogP contribution in [0, 0.1) is 6.92 Å². The molecule has 0 aliphatic carbocycles. The minimum atomic E-state index is 0.243. The second kappa shape index (κ2) is 5.42. The van der Waals surface area contributed by atoms with Crippen molar-refractivity contribution >= 4 is 17.0 Å². The van der Waals surface area contributed by atoms with Gasteiger partial charge in [0, 0.05) is 4.88 Å². The number of thiophene rings is 1. The number of aryl methyl sites for hydroxylation is 1. The van der Waals surface area contributed by atoms with Gasteiger partial charge in [-0.1, -0.05) is 12.1 Å². The average Bonchev–Trinajstić information content (AvgIpc) is 3.10. The summed E-state index contributed by atoms with van der Waals surface area (Å²) >= 11 is 1.77. The molecule has 1 aromatic carbocycles. The summed E-state index contributed by atoms with van der Waals surface area (Å²) in [5, 5.41) is 17.0. The van der Waals surface area contributed by atoms with Gasteiger partial charge in [0.2, 0.25) is 0 Å². The van der Waals surface area contributed by atoms with Gasteiger partial charge < -0.3 is 5.32 Å². The molecule has 20 heavy (non-hydrogen) atoms. The van der Waals surface area contributed by atoms with Gasteiger partial charge in [0.15, 0.2) is 0 Å². The first-order chi connectivity index (χ1) is 9.75. The summed E-state index contributed by atoms with van der Waals surface area (Å²) in [5.41, 5.74) is 3.27. The predicted molar refractivity (Wildman–Crippen MR) is 80.2 cm³/mol. The number of hydrogen-bond donors (Lipinski definition) is 1. The van der Waals surface area contributed by atoms with E-state index in [2.05, 4.69) is 46.1 Å². The van der Waals surface area contributed by atoms with E-state index in [0.29, 0.717) is 0 Å². The van der Waals surface area contributed by atoms with E-state index < -0.39 is 0 Å². The van der Waals surface area contributed by atoms with Crippen LogP contribution in [-0.4, -0.2) is 20.2 Å². The molecule has 6 heteroatoms. The van der Waals surface area contributed by atoms with Crippen molar-refractivity contribution in [3.63, 3.8) is 0 Å². The summed E-state index contributed by atoms with van der Waals surface area (Å²) in [5.74, 6) is 0. The third kappa shape index (κ3) is 2.42. The first kappa shape index (κ1) is 12.8. The Morgan fingerprint density at radius 2 is 2.10 bits per heavy atom. The van der Waals surface area contributed by atoms with Crippen LogP contribution in [0.4, 0.5) is 5.69 Å². The third-order valence-electron chi connectivity index (χ3n) is 3.17. The van der Waals surface area contributed by atoms with Crippen LogP contribution in [0.15, 0.2) is 42.0 Å². The maximum Gasteiger partial charge on any atom is 0.143 e. The monoisotopic (exact) mass is 285 g/mol. The lowest BCUT2D eigenvalue weighted by Gasteiger charge is -2.17. The highest BCUT2D eigenvalue weighted by Crippen LogP contribution is 2.29. The Morgan fingerprint density at radius 3 is 2.80 bits per heavy atom. The van der Waals surface area contributed by atoms with E-state index in [0.717, 1.165) is 11.4 Å². The lowest BCUT2D eigenvalue weighted by Crippen LogP contribution is -2.09. The van der Waals surface area contributed by atoms with E-state index in [1.807, 2.05) is 24.3 Å². The Morgan fingerprint density at radius 1 is 1.25 bits per heavy atom. The van der Waals surface area contributed by atoms with Crippen LogP contribution in [0.1, 0.15) is 23.4 Å². The third-order valence-corrected chi connectivity index (χ3v) is 4.37. The number of para-hydroxylation sites is 2. The number of rotatable bonds is 4. The summed E-state index contributed by atoms with van der Waals surface area (Å²) in [6.45, 7) is 4.30. The molecule has 3 aromatic rings. The first-order valence-electron chi connectivity index (χ1n) is 6.38. The standard InChI is InChI=1S/C14H15N5S/c1-10-7-8-20-14(10)11(2)16-12-5-3-4-6-13(12)19-9-15-17-18-19/h3-9,11,16H,1-2H3. The molecule has 0 aliphatic heterocycles. The van der Waals surface area contributed by atoms with E-state index in [1.54, 1.807) is 22.3 Å². The Hall–Kier alpha value is -2.21. The van der Waals surface area contributed by atoms with Crippen LogP contribution in [-0.2, 0) is 0 Å². The van der Waals surface area contributed by atoms with E-state index in [9.17, 15) is 0 Å². The van der Waals surface area contributed by atoms with Crippen molar-refractivity contribution in [1.82, 2.24) is 20.2 Å². The maximum absolute atomic E-state index is 3.95. The summed E-state index contributed by atoms with van der Waals surface area (Å²) < 4.78 is 1.66. The van der Waals surface area contributed by atoms with Crippen LogP contribution in [0.3, 0.4) is 0 Å². The zero-order chi connectivity index (χ0) is 13.9.